The van der Waals surface area contributed by atoms with E-state index < -0.39 is 0 Å². The third-order valence-corrected chi connectivity index (χ3v) is 4.88. The molecule has 0 bridgehead atoms. The molecule has 0 aromatic heterocycles. The van der Waals surface area contributed by atoms with Crippen LogP contribution >= 0.6 is 54.5 Å². The highest BCUT2D eigenvalue weighted by molar-refractivity contribution is 14.1. The molecule has 4 heteroatoms. The van der Waals surface area contributed by atoms with Crippen LogP contribution in [0.4, 0.5) is 4.39 Å². The van der Waals surface area contributed by atoms with E-state index >= 15 is 0 Å². The van der Waals surface area contributed by atoms with E-state index in [1.165, 1.54) is 6.07 Å². The summed E-state index contributed by atoms with van der Waals surface area (Å²) in [6.07, 6.45) is 0. The van der Waals surface area contributed by atoms with Gasteiger partial charge < -0.3 is 0 Å². The predicted octanol–water partition coefficient (Wildman–Crippen LogP) is 5.68. The Morgan fingerprint density at radius 3 is 2.29 bits per heavy atom. The summed E-state index contributed by atoms with van der Waals surface area (Å²) in [7, 11) is 0. The van der Waals surface area contributed by atoms with Gasteiger partial charge in [0, 0.05) is 8.04 Å². The van der Waals surface area contributed by atoms with E-state index in [9.17, 15) is 4.39 Å². The number of halogens is 4. The lowest BCUT2D eigenvalue weighted by Gasteiger charge is -2.13. The zero-order valence-corrected chi connectivity index (χ0v) is 14.0. The molecule has 0 N–H and O–H groups in total. The number of hydrogen-bond acceptors (Lipinski definition) is 0. The average molecular weight is 470 g/mol. The Bertz CT molecular complexity index is 525. The van der Waals surface area contributed by atoms with Gasteiger partial charge in [-0.3, -0.25) is 0 Å². The first-order valence-corrected chi connectivity index (χ1v) is 7.71. The second-order valence-corrected chi connectivity index (χ2v) is 6.57. The van der Waals surface area contributed by atoms with Crippen LogP contribution in [0.5, 0.6) is 0 Å². The molecular weight excluding hydrogens is 462 g/mol. The Balaban J connectivity index is 2.36. The molecule has 0 spiro atoms. The van der Waals surface area contributed by atoms with E-state index in [0.29, 0.717) is 0 Å². The fourth-order valence-corrected chi connectivity index (χ4v) is 3.70. The third kappa shape index (κ3) is 3.29. The average Bonchev–Trinajstić information content (AvgIpc) is 2.29. The van der Waals surface area contributed by atoms with Crippen molar-refractivity contribution in [1.29, 1.82) is 0 Å². The predicted molar refractivity (Wildman–Crippen MR) is 84.0 cm³/mol. The lowest BCUT2D eigenvalue weighted by molar-refractivity contribution is 0.626. The highest BCUT2D eigenvalue weighted by atomic mass is 127. The van der Waals surface area contributed by atoms with Crippen LogP contribution in [0.25, 0.3) is 0 Å². The van der Waals surface area contributed by atoms with Crippen molar-refractivity contribution in [1.82, 2.24) is 0 Å². The summed E-state index contributed by atoms with van der Waals surface area (Å²) in [6, 6.07) is 12.9. The summed E-state index contributed by atoms with van der Waals surface area (Å²) in [5.74, 6) is -0.200. The zero-order chi connectivity index (χ0) is 12.4. The van der Waals surface area contributed by atoms with Gasteiger partial charge in [-0.05, 0) is 58.0 Å². The van der Waals surface area contributed by atoms with Crippen molar-refractivity contribution in [2.24, 2.45) is 0 Å². The van der Waals surface area contributed by atoms with Gasteiger partial charge in [-0.15, -0.1) is 0 Å². The van der Waals surface area contributed by atoms with Gasteiger partial charge in [-0.25, -0.2) is 4.39 Å². The Labute approximate surface area is 130 Å². The molecule has 0 saturated carbocycles. The minimum absolute atomic E-state index is 0.0862. The molecule has 2 rings (SSSR count). The SMILES string of the molecule is Fc1ccc(C(Br)c2ccc(Br)cc2)c(I)c1. The van der Waals surface area contributed by atoms with Crippen LogP contribution < -0.4 is 0 Å². The van der Waals surface area contributed by atoms with Crippen molar-refractivity contribution in [2.45, 2.75) is 4.83 Å². The number of hydrogen-bond donors (Lipinski definition) is 0. The van der Waals surface area contributed by atoms with Crippen molar-refractivity contribution in [3.63, 3.8) is 0 Å². The molecule has 0 saturated heterocycles. The molecule has 1 unspecified atom stereocenters. The lowest BCUT2D eigenvalue weighted by Crippen LogP contribution is -1.96. The molecule has 2 aromatic carbocycles. The summed E-state index contributed by atoms with van der Waals surface area (Å²) in [4.78, 5) is 0.0862. The largest absolute Gasteiger partial charge is 0.207 e. The molecule has 17 heavy (non-hydrogen) atoms. The second kappa shape index (κ2) is 5.80. The van der Waals surface area contributed by atoms with Gasteiger partial charge >= 0.3 is 0 Å². The van der Waals surface area contributed by atoms with Gasteiger partial charge in [0.15, 0.2) is 0 Å². The van der Waals surface area contributed by atoms with Gasteiger partial charge in [-0.1, -0.05) is 50.1 Å². The molecule has 0 aliphatic carbocycles. The number of alkyl halides is 1. The first-order valence-electron chi connectivity index (χ1n) is 4.92. The number of benzene rings is 2. The Morgan fingerprint density at radius 1 is 1.06 bits per heavy atom. The van der Waals surface area contributed by atoms with Crippen molar-refractivity contribution < 1.29 is 4.39 Å². The lowest BCUT2D eigenvalue weighted by atomic mass is 10.1. The normalized spacial score (nSPS) is 12.5. The maximum atomic E-state index is 13.0. The Morgan fingerprint density at radius 2 is 1.71 bits per heavy atom. The molecule has 0 radical (unpaired) electrons. The first kappa shape index (κ1) is 13.5. The monoisotopic (exact) mass is 468 g/mol. The van der Waals surface area contributed by atoms with Crippen LogP contribution in [0.3, 0.4) is 0 Å². The summed E-state index contributed by atoms with van der Waals surface area (Å²) in [6.45, 7) is 0. The standard InChI is InChI=1S/C13H8Br2FI/c14-9-3-1-8(2-4-9)13(15)11-6-5-10(16)7-12(11)17/h1-7,13H. The van der Waals surface area contributed by atoms with Crippen LogP contribution in [0.15, 0.2) is 46.9 Å². The van der Waals surface area contributed by atoms with Crippen molar-refractivity contribution in [3.8, 4) is 0 Å². The van der Waals surface area contributed by atoms with Crippen LogP contribution in [0.1, 0.15) is 16.0 Å². The minimum Gasteiger partial charge on any atom is -0.207 e. The van der Waals surface area contributed by atoms with Gasteiger partial charge in [0.25, 0.3) is 0 Å². The van der Waals surface area contributed by atoms with Crippen LogP contribution in [-0.2, 0) is 0 Å². The highest BCUT2D eigenvalue weighted by Gasteiger charge is 2.13. The molecule has 0 aliphatic rings. The Kier molecular flexibility index (Phi) is 4.60. The Hall–Kier alpha value is 0.0600. The molecule has 0 heterocycles. The third-order valence-electron chi connectivity index (χ3n) is 2.40. The number of rotatable bonds is 2. The molecule has 0 fully saturated rings. The molecular formula is C13H8Br2FI. The van der Waals surface area contributed by atoms with Gasteiger partial charge in [0.2, 0.25) is 0 Å². The maximum absolute atomic E-state index is 13.0. The summed E-state index contributed by atoms with van der Waals surface area (Å²) in [5.41, 5.74) is 2.23. The smallest absolute Gasteiger partial charge is 0.124 e. The topological polar surface area (TPSA) is 0 Å². The molecule has 0 nitrogen and oxygen atoms in total. The molecule has 2 aromatic rings. The van der Waals surface area contributed by atoms with Crippen LogP contribution in [0, 0.1) is 9.39 Å². The van der Waals surface area contributed by atoms with E-state index in [2.05, 4.69) is 54.5 Å². The van der Waals surface area contributed by atoms with Crippen LogP contribution in [0.2, 0.25) is 0 Å². The molecule has 0 amide bonds. The van der Waals surface area contributed by atoms with E-state index in [0.717, 1.165) is 19.2 Å². The van der Waals surface area contributed by atoms with Gasteiger partial charge in [-0.2, -0.15) is 0 Å². The van der Waals surface area contributed by atoms with Crippen LogP contribution in [-0.4, -0.2) is 0 Å². The van der Waals surface area contributed by atoms with E-state index in [1.807, 2.05) is 30.3 Å². The van der Waals surface area contributed by atoms with E-state index in [1.54, 1.807) is 6.07 Å². The first-order chi connectivity index (χ1) is 8.08. The zero-order valence-electron chi connectivity index (χ0n) is 8.63. The summed E-state index contributed by atoms with van der Waals surface area (Å²) < 4.78 is 15.0. The highest BCUT2D eigenvalue weighted by Crippen LogP contribution is 2.34. The van der Waals surface area contributed by atoms with Crippen molar-refractivity contribution in [2.75, 3.05) is 0 Å². The molecule has 1 atom stereocenters. The summed E-state index contributed by atoms with van der Waals surface area (Å²) in [5, 5.41) is 0. The second-order valence-electron chi connectivity index (χ2n) is 3.58. The van der Waals surface area contributed by atoms with E-state index in [4.69, 9.17) is 0 Å². The summed E-state index contributed by atoms with van der Waals surface area (Å²) >= 11 is 9.22. The quantitative estimate of drug-likeness (QED) is 0.392. The van der Waals surface area contributed by atoms with Crippen molar-refractivity contribution in [3.05, 3.63) is 67.5 Å². The maximum Gasteiger partial charge on any atom is 0.124 e. The minimum atomic E-state index is -0.200. The van der Waals surface area contributed by atoms with Gasteiger partial charge in [0.05, 0.1) is 4.83 Å². The van der Waals surface area contributed by atoms with Crippen molar-refractivity contribution >= 4 is 54.5 Å². The van der Waals surface area contributed by atoms with E-state index in [-0.39, 0.29) is 10.6 Å². The van der Waals surface area contributed by atoms with Gasteiger partial charge in [0.1, 0.15) is 5.82 Å². The fraction of sp³-hybridized carbons (Fsp3) is 0.0769. The molecule has 88 valence electrons. The fourth-order valence-electron chi connectivity index (χ4n) is 1.52. The molecule has 0 aliphatic heterocycles.